The molecule has 1 aliphatic heterocycles. The molecule has 1 N–H and O–H groups in total. The topological polar surface area (TPSA) is 29.5 Å². The van der Waals surface area contributed by atoms with Crippen LogP contribution in [0.25, 0.3) is 0 Å². The molecule has 12 heavy (non-hydrogen) atoms. The van der Waals surface area contributed by atoms with Gasteiger partial charge in [-0.05, 0) is 22.0 Å². The van der Waals surface area contributed by atoms with E-state index in [0.29, 0.717) is 17.7 Å². The summed E-state index contributed by atoms with van der Waals surface area (Å²) >= 11 is 3.01. The Balaban J connectivity index is 2.69. The minimum Gasteiger partial charge on any atom is -0.508 e. The number of benzene rings is 1. The van der Waals surface area contributed by atoms with Gasteiger partial charge in [0.2, 0.25) is 0 Å². The molecule has 0 unspecified atom stereocenters. The zero-order chi connectivity index (χ0) is 8.72. The number of fused-ring (bicyclic) bond motifs is 1. The van der Waals surface area contributed by atoms with Crippen LogP contribution in [0.5, 0.6) is 5.75 Å². The molecule has 2 rings (SSSR count). The van der Waals surface area contributed by atoms with E-state index in [1.807, 2.05) is 0 Å². The maximum atomic E-state index is 13.2. The SMILES string of the molecule is Oc1cc(Br)c(F)c2c1COC2. The number of phenolic OH excluding ortho intramolecular Hbond substituents is 1. The molecule has 0 amide bonds. The molecule has 0 aromatic heterocycles. The molecule has 0 saturated heterocycles. The van der Waals surface area contributed by atoms with Gasteiger partial charge < -0.3 is 9.84 Å². The lowest BCUT2D eigenvalue weighted by molar-refractivity contribution is 0.132. The predicted octanol–water partition coefficient (Wildman–Crippen LogP) is 2.32. The molecule has 0 aliphatic carbocycles. The molecular formula is C8H6BrFO2. The third-order valence-corrected chi connectivity index (χ3v) is 2.48. The smallest absolute Gasteiger partial charge is 0.143 e. The molecule has 1 heterocycles. The van der Waals surface area contributed by atoms with Crippen LogP contribution in [0, 0.1) is 5.82 Å². The maximum absolute atomic E-state index is 13.2. The van der Waals surface area contributed by atoms with Gasteiger partial charge in [0, 0.05) is 11.1 Å². The van der Waals surface area contributed by atoms with Crippen LogP contribution >= 0.6 is 15.9 Å². The van der Waals surface area contributed by atoms with Crippen molar-refractivity contribution in [2.45, 2.75) is 13.2 Å². The third kappa shape index (κ3) is 1.03. The van der Waals surface area contributed by atoms with E-state index in [0.717, 1.165) is 0 Å². The van der Waals surface area contributed by atoms with Crippen LogP contribution in [0.15, 0.2) is 10.5 Å². The normalized spacial score (nSPS) is 14.8. The molecule has 0 radical (unpaired) electrons. The van der Waals surface area contributed by atoms with E-state index in [1.165, 1.54) is 6.07 Å². The van der Waals surface area contributed by atoms with Crippen molar-refractivity contribution in [1.82, 2.24) is 0 Å². The fourth-order valence-electron chi connectivity index (χ4n) is 1.27. The molecule has 0 bridgehead atoms. The molecule has 0 fully saturated rings. The van der Waals surface area contributed by atoms with E-state index in [2.05, 4.69) is 15.9 Å². The monoisotopic (exact) mass is 232 g/mol. The van der Waals surface area contributed by atoms with E-state index in [9.17, 15) is 9.50 Å². The van der Waals surface area contributed by atoms with Gasteiger partial charge in [-0.1, -0.05) is 0 Å². The van der Waals surface area contributed by atoms with Crippen LogP contribution in [0.3, 0.4) is 0 Å². The number of hydrogen-bond acceptors (Lipinski definition) is 2. The van der Waals surface area contributed by atoms with E-state index < -0.39 is 0 Å². The van der Waals surface area contributed by atoms with Gasteiger partial charge in [-0.25, -0.2) is 4.39 Å². The summed E-state index contributed by atoms with van der Waals surface area (Å²) < 4.78 is 18.5. The molecular weight excluding hydrogens is 227 g/mol. The first-order chi connectivity index (χ1) is 5.70. The highest BCUT2D eigenvalue weighted by atomic mass is 79.9. The van der Waals surface area contributed by atoms with E-state index in [1.54, 1.807) is 0 Å². The Morgan fingerprint density at radius 1 is 1.42 bits per heavy atom. The Morgan fingerprint density at radius 3 is 2.83 bits per heavy atom. The predicted molar refractivity (Wildman–Crippen MR) is 44.3 cm³/mol. The van der Waals surface area contributed by atoms with Crippen molar-refractivity contribution in [3.05, 3.63) is 27.5 Å². The minimum atomic E-state index is -0.333. The first-order valence-electron chi connectivity index (χ1n) is 3.46. The van der Waals surface area contributed by atoms with Crippen molar-refractivity contribution in [1.29, 1.82) is 0 Å². The van der Waals surface area contributed by atoms with Gasteiger partial charge in [0.15, 0.2) is 0 Å². The van der Waals surface area contributed by atoms with Crippen LogP contribution in [-0.4, -0.2) is 5.11 Å². The van der Waals surface area contributed by atoms with Crippen molar-refractivity contribution in [2.75, 3.05) is 0 Å². The quantitative estimate of drug-likeness (QED) is 0.745. The molecule has 0 spiro atoms. The van der Waals surface area contributed by atoms with Crippen LogP contribution in [-0.2, 0) is 18.0 Å². The van der Waals surface area contributed by atoms with Crippen LogP contribution < -0.4 is 0 Å². The zero-order valence-electron chi connectivity index (χ0n) is 6.10. The van der Waals surface area contributed by atoms with Crippen LogP contribution in [0.4, 0.5) is 4.39 Å². The second-order valence-electron chi connectivity index (χ2n) is 2.64. The van der Waals surface area contributed by atoms with Gasteiger partial charge in [-0.2, -0.15) is 0 Å². The average Bonchev–Trinajstić information content (AvgIpc) is 2.48. The Labute approximate surface area is 77.1 Å². The van der Waals surface area contributed by atoms with E-state index in [-0.39, 0.29) is 22.6 Å². The second-order valence-corrected chi connectivity index (χ2v) is 3.50. The van der Waals surface area contributed by atoms with Crippen molar-refractivity contribution < 1.29 is 14.2 Å². The fourth-order valence-corrected chi connectivity index (χ4v) is 1.72. The number of phenols is 1. The summed E-state index contributed by atoms with van der Waals surface area (Å²) in [4.78, 5) is 0. The van der Waals surface area contributed by atoms with E-state index >= 15 is 0 Å². The van der Waals surface area contributed by atoms with Crippen molar-refractivity contribution in [3.8, 4) is 5.75 Å². The Kier molecular flexibility index (Phi) is 1.81. The summed E-state index contributed by atoms with van der Waals surface area (Å²) in [6.45, 7) is 0.541. The molecule has 1 aliphatic rings. The Bertz CT molecular complexity index is 338. The number of aromatic hydroxyl groups is 1. The first-order valence-corrected chi connectivity index (χ1v) is 4.26. The van der Waals surface area contributed by atoms with Crippen LogP contribution in [0.1, 0.15) is 11.1 Å². The largest absolute Gasteiger partial charge is 0.508 e. The molecule has 4 heteroatoms. The van der Waals surface area contributed by atoms with Gasteiger partial charge >= 0.3 is 0 Å². The van der Waals surface area contributed by atoms with Crippen molar-refractivity contribution in [3.63, 3.8) is 0 Å². The fraction of sp³-hybridized carbons (Fsp3) is 0.250. The standard InChI is InChI=1S/C8H6BrFO2/c9-6-1-7(11)4-2-12-3-5(4)8(6)10/h1,11H,2-3H2. The van der Waals surface area contributed by atoms with Crippen LogP contribution in [0.2, 0.25) is 0 Å². The lowest BCUT2D eigenvalue weighted by Crippen LogP contribution is -1.90. The van der Waals surface area contributed by atoms with E-state index in [4.69, 9.17) is 4.74 Å². The summed E-state index contributed by atoms with van der Waals surface area (Å²) in [7, 11) is 0. The van der Waals surface area contributed by atoms with Crippen molar-refractivity contribution >= 4 is 15.9 Å². The highest BCUT2D eigenvalue weighted by molar-refractivity contribution is 9.10. The molecule has 0 saturated carbocycles. The Morgan fingerprint density at radius 2 is 2.08 bits per heavy atom. The molecule has 1 aromatic carbocycles. The third-order valence-electron chi connectivity index (χ3n) is 1.90. The number of rotatable bonds is 0. The lowest BCUT2D eigenvalue weighted by atomic mass is 10.1. The molecule has 2 nitrogen and oxygen atoms in total. The summed E-state index contributed by atoms with van der Waals surface area (Å²) in [6.07, 6.45) is 0. The van der Waals surface area contributed by atoms with Gasteiger partial charge in [0.25, 0.3) is 0 Å². The van der Waals surface area contributed by atoms with Gasteiger partial charge in [-0.15, -0.1) is 0 Å². The average molecular weight is 233 g/mol. The molecule has 64 valence electrons. The molecule has 0 atom stereocenters. The second kappa shape index (κ2) is 2.71. The Hall–Kier alpha value is -0.610. The number of hydrogen-bond donors (Lipinski definition) is 1. The molecule has 1 aromatic rings. The summed E-state index contributed by atoms with van der Waals surface area (Å²) in [5, 5.41) is 9.36. The highest BCUT2D eigenvalue weighted by Gasteiger charge is 2.21. The summed E-state index contributed by atoms with van der Waals surface area (Å²) in [5.74, 6) is -0.240. The van der Waals surface area contributed by atoms with Gasteiger partial charge in [-0.3, -0.25) is 0 Å². The van der Waals surface area contributed by atoms with Gasteiger partial charge in [0.05, 0.1) is 17.7 Å². The van der Waals surface area contributed by atoms with Gasteiger partial charge in [0.1, 0.15) is 11.6 Å². The zero-order valence-corrected chi connectivity index (χ0v) is 7.69. The number of halogens is 2. The maximum Gasteiger partial charge on any atom is 0.143 e. The minimum absolute atomic E-state index is 0.0933. The highest BCUT2D eigenvalue weighted by Crippen LogP contribution is 2.34. The first kappa shape index (κ1) is 8.01. The lowest BCUT2D eigenvalue weighted by Gasteiger charge is -2.03. The number of ether oxygens (including phenoxy) is 1. The van der Waals surface area contributed by atoms with Crippen molar-refractivity contribution in [2.24, 2.45) is 0 Å². The summed E-state index contributed by atoms with van der Waals surface area (Å²) in [6, 6.07) is 1.35. The summed E-state index contributed by atoms with van der Waals surface area (Å²) in [5.41, 5.74) is 1.03.